The summed E-state index contributed by atoms with van der Waals surface area (Å²) >= 11 is 3.55. The van der Waals surface area contributed by atoms with Crippen molar-refractivity contribution in [2.45, 2.75) is 0 Å². The molecule has 0 spiro atoms. The molecule has 0 rings (SSSR count). The quantitative estimate of drug-likeness (QED) is 0.427. The van der Waals surface area contributed by atoms with Crippen molar-refractivity contribution in [2.75, 3.05) is 0 Å². The van der Waals surface area contributed by atoms with Gasteiger partial charge in [0.05, 0.1) is 0 Å². The van der Waals surface area contributed by atoms with E-state index in [1.54, 1.807) is 0 Å². The number of hydrogen-bond donors (Lipinski definition) is 0. The van der Waals surface area contributed by atoms with Gasteiger partial charge in [0.25, 0.3) is 0 Å². The molecule has 0 heterocycles. The molecular formula is H4BCuFeSiZn. The van der Waals surface area contributed by atoms with Gasteiger partial charge in [-0.25, -0.2) is 0 Å². The van der Waals surface area contributed by atoms with Crippen molar-refractivity contribution in [2.24, 2.45) is 0 Å². The molecule has 0 aliphatic carbocycles. The molecule has 0 fully saturated rings. The Bertz CT molecular complexity index is 11.6. The van der Waals surface area contributed by atoms with E-state index >= 15 is 0 Å². The molecule has 5 heteroatoms. The molecule has 0 aliphatic heterocycles. The molecule has 0 atom stereocenters. The minimum absolute atomic E-state index is 0. The molecule has 5 heavy (non-hydrogen) atoms. The Morgan fingerprint density at radius 1 is 1.60 bits per heavy atom. The average Bonchev–Trinajstić information content (AvgIpc) is 0.918. The van der Waals surface area contributed by atoms with Gasteiger partial charge in [-0.2, -0.15) is 0 Å². The molecule has 0 nitrogen and oxygen atoms in total. The van der Waals surface area contributed by atoms with Crippen LogP contribution in [-0.2, 0) is 52.4 Å². The van der Waals surface area contributed by atoms with Crippen LogP contribution in [0, 0.1) is 0 Å². The van der Waals surface area contributed by atoms with E-state index in [2.05, 4.69) is 15.8 Å². The first kappa shape index (κ1) is 15.8. The Balaban J connectivity index is -0.0000000200. The first-order valence-corrected chi connectivity index (χ1v) is 3.15. The number of rotatable bonds is 0. The van der Waals surface area contributed by atoms with Crippen LogP contribution < -0.4 is 0 Å². The van der Waals surface area contributed by atoms with E-state index in [1.807, 2.05) is 0 Å². The monoisotopic (exact) mass is 226 g/mol. The van der Waals surface area contributed by atoms with Gasteiger partial charge in [0.2, 0.25) is 0 Å². The molecule has 0 aromatic rings. The van der Waals surface area contributed by atoms with Gasteiger partial charge in [0.1, 0.15) is 0 Å². The molecule has 0 amide bonds. The van der Waals surface area contributed by atoms with Crippen LogP contribution in [0.3, 0.4) is 0 Å². The van der Waals surface area contributed by atoms with E-state index in [0.717, 1.165) is 5.68 Å². The predicted octanol–water partition coefficient (Wildman–Crippen LogP) is -1.84. The second-order valence-corrected chi connectivity index (χ2v) is 3.09. The van der Waals surface area contributed by atoms with Crippen LogP contribution >= 0.6 is 0 Å². The molecule has 0 aliphatic rings. The summed E-state index contributed by atoms with van der Waals surface area (Å²) in [6.07, 6.45) is 0. The van der Waals surface area contributed by atoms with Crippen LogP contribution in [0.5, 0.6) is 0 Å². The van der Waals surface area contributed by atoms with Gasteiger partial charge in [-0.3, -0.25) is 0 Å². The van der Waals surface area contributed by atoms with E-state index in [0.29, 0.717) is 0 Å². The minimum Gasteiger partial charge on any atom is 0 e. The first-order valence-electron chi connectivity index (χ1n) is 0.957. The third kappa shape index (κ3) is 24.5. The fourth-order valence-electron chi connectivity index (χ4n) is 0. The Hall–Kier alpha value is 1.94. The smallest absolute Gasteiger partial charge is 0 e. The van der Waals surface area contributed by atoms with Gasteiger partial charge < -0.3 is 0 Å². The van der Waals surface area contributed by atoms with Gasteiger partial charge in [-0.1, -0.05) is 0 Å². The summed E-state index contributed by atoms with van der Waals surface area (Å²) in [5.74, 6) is 0. The Morgan fingerprint density at radius 3 is 1.60 bits per heavy atom. The van der Waals surface area contributed by atoms with E-state index < -0.39 is 0 Å². The molecule has 0 bridgehead atoms. The van der Waals surface area contributed by atoms with E-state index in [-0.39, 0.29) is 36.5 Å². The normalized spacial score (nSPS) is 3.40. The van der Waals surface area contributed by atoms with Crippen molar-refractivity contribution >= 4 is 15.8 Å². The SMILES string of the molecule is [Cu].[SiH3][BH][Fe].[Zn]. The van der Waals surface area contributed by atoms with Crippen molar-refractivity contribution in [3.8, 4) is 0 Å². The maximum Gasteiger partial charge on any atom is 0 e. The van der Waals surface area contributed by atoms with Crippen molar-refractivity contribution in [3.63, 3.8) is 0 Å². The maximum absolute atomic E-state index is 3.55. The summed E-state index contributed by atoms with van der Waals surface area (Å²) in [6.45, 7) is 0. The van der Waals surface area contributed by atoms with Crippen LogP contribution in [0.4, 0.5) is 0 Å². The fourth-order valence-corrected chi connectivity index (χ4v) is 0. The van der Waals surface area contributed by atoms with Crippen LogP contribution in [0.2, 0.25) is 0 Å². The molecular weight excluding hydrogens is 224 g/mol. The third-order valence-electron chi connectivity index (χ3n) is 0. The average molecular weight is 228 g/mol. The van der Waals surface area contributed by atoms with Gasteiger partial charge >= 0.3 is 31.6 Å². The van der Waals surface area contributed by atoms with E-state index in [4.69, 9.17) is 0 Å². The van der Waals surface area contributed by atoms with Crippen molar-refractivity contribution < 1.29 is 52.4 Å². The Kier molecular flexibility index (Phi) is 52.9. The number of hydrogen-bond acceptors (Lipinski definition) is 0. The van der Waals surface area contributed by atoms with Crippen molar-refractivity contribution in [1.82, 2.24) is 0 Å². The molecule has 0 unspecified atom stereocenters. The standard InChI is InChI=1S/BH4Si.Cu.Fe.Zn/c1-2;;;/h1H,2H3;;;/q+1;;-1;. The van der Waals surface area contributed by atoms with Crippen LogP contribution in [0.15, 0.2) is 0 Å². The van der Waals surface area contributed by atoms with Crippen LogP contribution in [0.25, 0.3) is 0 Å². The minimum atomic E-state index is 0. The summed E-state index contributed by atoms with van der Waals surface area (Å²) < 4.78 is 0. The first-order chi connectivity index (χ1) is 1.41. The van der Waals surface area contributed by atoms with Crippen LogP contribution in [-0.4, -0.2) is 15.8 Å². The molecule has 0 saturated carbocycles. The Labute approximate surface area is 67.7 Å². The maximum atomic E-state index is 3.55. The topological polar surface area (TPSA) is 0 Å². The van der Waals surface area contributed by atoms with Gasteiger partial charge in [-0.15, -0.1) is 0 Å². The van der Waals surface area contributed by atoms with E-state index in [9.17, 15) is 0 Å². The third-order valence-corrected chi connectivity index (χ3v) is 0. The zero-order valence-electron chi connectivity index (χ0n) is 3.07. The molecule has 0 aromatic heterocycles. The van der Waals surface area contributed by atoms with Crippen molar-refractivity contribution in [3.05, 3.63) is 0 Å². The largest absolute Gasteiger partial charge is 0 e. The van der Waals surface area contributed by atoms with Crippen LogP contribution in [0.1, 0.15) is 0 Å². The van der Waals surface area contributed by atoms with Crippen molar-refractivity contribution in [1.29, 1.82) is 0 Å². The second-order valence-electron chi connectivity index (χ2n) is 0.250. The molecule has 0 aromatic carbocycles. The molecule has 32 valence electrons. The summed E-state index contributed by atoms with van der Waals surface area (Å²) in [6, 6.07) is 0. The van der Waals surface area contributed by atoms with Gasteiger partial charge in [0.15, 0.2) is 0 Å². The summed E-state index contributed by atoms with van der Waals surface area (Å²) in [7, 11) is 1.26. The van der Waals surface area contributed by atoms with Gasteiger partial charge in [0, 0.05) is 36.5 Å². The molecule has 0 saturated heterocycles. The summed E-state index contributed by atoms with van der Waals surface area (Å²) in [5.41, 5.74) is 1.14. The predicted molar refractivity (Wildman–Crippen MR) is 17.1 cm³/mol. The fraction of sp³-hybridized carbons (Fsp3) is 0. The summed E-state index contributed by atoms with van der Waals surface area (Å²) in [5, 5.41) is 0. The Morgan fingerprint density at radius 2 is 1.60 bits per heavy atom. The molecule has 1 radical (unpaired) electrons. The second kappa shape index (κ2) is 16.8. The summed E-state index contributed by atoms with van der Waals surface area (Å²) in [4.78, 5) is 0. The molecule has 0 N–H and O–H groups in total. The van der Waals surface area contributed by atoms with Gasteiger partial charge in [-0.05, 0) is 0 Å². The zero-order valence-corrected chi connectivity index (χ0v) is 10.1. The van der Waals surface area contributed by atoms with E-state index in [1.165, 1.54) is 10.1 Å². The zero-order chi connectivity index (χ0) is 2.71.